The number of anilines is 1. The normalized spacial score (nSPS) is 18.4. The van der Waals surface area contributed by atoms with Crippen molar-refractivity contribution >= 4 is 35.8 Å². The Labute approximate surface area is 222 Å². The van der Waals surface area contributed by atoms with Crippen LogP contribution < -0.4 is 15.5 Å². The van der Waals surface area contributed by atoms with E-state index in [0.717, 1.165) is 77.0 Å². The molecule has 8 heteroatoms. The number of hydrogen-bond acceptors (Lipinski definition) is 5. The van der Waals surface area contributed by atoms with E-state index in [1.807, 2.05) is 6.20 Å². The Morgan fingerprint density at radius 2 is 1.74 bits per heavy atom. The summed E-state index contributed by atoms with van der Waals surface area (Å²) in [6, 6.07) is 15.5. The number of guanidine groups is 1. The van der Waals surface area contributed by atoms with Crippen LogP contribution in [0.15, 0.2) is 53.7 Å². The number of halogens is 1. The molecule has 2 aliphatic rings. The Balaban J connectivity index is 0.00000324. The molecule has 0 spiro atoms. The van der Waals surface area contributed by atoms with Crippen LogP contribution in [0.1, 0.15) is 30.9 Å². The van der Waals surface area contributed by atoms with Crippen molar-refractivity contribution in [3.63, 3.8) is 0 Å². The molecule has 2 aromatic rings. The Bertz CT molecular complexity index is 876. The lowest BCUT2D eigenvalue weighted by Crippen LogP contribution is -2.48. The van der Waals surface area contributed by atoms with Crippen LogP contribution in [0, 0.1) is 0 Å². The van der Waals surface area contributed by atoms with E-state index in [0.29, 0.717) is 12.6 Å². The van der Waals surface area contributed by atoms with E-state index in [2.05, 4.69) is 86.8 Å². The molecular weight excluding hydrogens is 537 g/mol. The number of likely N-dealkylation sites (N-methyl/N-ethyl adjacent to an activating group) is 1. The van der Waals surface area contributed by atoms with Gasteiger partial charge < -0.3 is 20.4 Å². The number of nitrogens with one attached hydrogen (secondary N) is 2. The first-order chi connectivity index (χ1) is 16.2. The zero-order valence-corrected chi connectivity index (χ0v) is 22.9. The minimum absolute atomic E-state index is 0. The lowest BCUT2D eigenvalue weighted by molar-refractivity contribution is 0.198. The Kier molecular flexibility index (Phi) is 10.9. The summed E-state index contributed by atoms with van der Waals surface area (Å²) >= 11 is 0. The Morgan fingerprint density at radius 3 is 2.44 bits per heavy atom. The number of likely N-dealkylation sites (tertiary alicyclic amines) is 1. The summed E-state index contributed by atoms with van der Waals surface area (Å²) in [6.07, 6.45) is 4.20. The molecule has 2 fully saturated rings. The van der Waals surface area contributed by atoms with Crippen molar-refractivity contribution in [2.24, 2.45) is 4.99 Å². The topological polar surface area (TPSA) is 59.0 Å². The highest BCUT2D eigenvalue weighted by Gasteiger charge is 2.20. The van der Waals surface area contributed by atoms with Gasteiger partial charge in [-0.15, -0.1) is 24.0 Å². The van der Waals surface area contributed by atoms with Gasteiger partial charge in [-0.25, -0.2) is 9.98 Å². The van der Waals surface area contributed by atoms with Gasteiger partial charge in [-0.2, -0.15) is 0 Å². The summed E-state index contributed by atoms with van der Waals surface area (Å²) in [4.78, 5) is 16.8. The highest BCUT2D eigenvalue weighted by Crippen LogP contribution is 2.16. The molecule has 0 unspecified atom stereocenters. The fourth-order valence-electron chi connectivity index (χ4n) is 4.53. The van der Waals surface area contributed by atoms with Gasteiger partial charge in [-0.1, -0.05) is 30.3 Å². The van der Waals surface area contributed by atoms with Gasteiger partial charge in [-0.05, 0) is 50.1 Å². The SMILES string of the molecule is CCNC(=NCc1ccnc(N2CCN(C)CC2)c1)NC1CCN(Cc2ccccc2)CC1.I. The molecule has 7 nitrogen and oxygen atoms in total. The molecule has 4 rings (SSSR count). The fourth-order valence-corrected chi connectivity index (χ4v) is 4.53. The zero-order chi connectivity index (χ0) is 22.9. The van der Waals surface area contributed by atoms with Crippen molar-refractivity contribution in [2.75, 3.05) is 57.8 Å². The van der Waals surface area contributed by atoms with E-state index in [1.165, 1.54) is 11.1 Å². The summed E-state index contributed by atoms with van der Waals surface area (Å²) in [5.41, 5.74) is 2.60. The highest BCUT2D eigenvalue weighted by molar-refractivity contribution is 14.0. The van der Waals surface area contributed by atoms with E-state index in [1.54, 1.807) is 0 Å². The smallest absolute Gasteiger partial charge is 0.191 e. The van der Waals surface area contributed by atoms with Gasteiger partial charge in [0.05, 0.1) is 6.54 Å². The third-order valence-electron chi connectivity index (χ3n) is 6.58. The summed E-state index contributed by atoms with van der Waals surface area (Å²) in [6.45, 7) is 11.2. The maximum atomic E-state index is 4.89. The van der Waals surface area contributed by atoms with E-state index in [4.69, 9.17) is 4.99 Å². The second-order valence-electron chi connectivity index (χ2n) is 9.19. The van der Waals surface area contributed by atoms with Gasteiger partial charge in [0.25, 0.3) is 0 Å². The second-order valence-corrected chi connectivity index (χ2v) is 9.19. The predicted molar refractivity (Wildman–Crippen MR) is 152 cm³/mol. The molecule has 0 bridgehead atoms. The molecule has 3 heterocycles. The zero-order valence-electron chi connectivity index (χ0n) is 20.6. The number of aliphatic imine (C=N–C) groups is 1. The molecule has 0 radical (unpaired) electrons. The number of pyridine rings is 1. The molecule has 0 atom stereocenters. The van der Waals surface area contributed by atoms with Gasteiger partial charge in [0.15, 0.2) is 5.96 Å². The minimum atomic E-state index is 0. The van der Waals surface area contributed by atoms with Gasteiger partial charge in [0, 0.05) is 64.6 Å². The van der Waals surface area contributed by atoms with Crippen LogP contribution >= 0.6 is 24.0 Å². The number of piperazine rings is 1. The molecule has 1 aromatic carbocycles. The van der Waals surface area contributed by atoms with Crippen LogP contribution in [0.2, 0.25) is 0 Å². The van der Waals surface area contributed by atoms with Crippen molar-refractivity contribution in [1.29, 1.82) is 0 Å². The van der Waals surface area contributed by atoms with Gasteiger partial charge in [0.2, 0.25) is 0 Å². The largest absolute Gasteiger partial charge is 0.357 e. The first kappa shape index (κ1) is 26.7. The van der Waals surface area contributed by atoms with E-state index >= 15 is 0 Å². The van der Waals surface area contributed by atoms with Crippen molar-refractivity contribution in [2.45, 2.75) is 38.9 Å². The molecule has 2 aliphatic heterocycles. The molecule has 1 aromatic heterocycles. The number of aromatic nitrogens is 1. The summed E-state index contributed by atoms with van der Waals surface area (Å²) in [7, 11) is 2.18. The maximum absolute atomic E-state index is 4.89. The number of benzene rings is 1. The average molecular weight is 578 g/mol. The van der Waals surface area contributed by atoms with Crippen molar-refractivity contribution in [3.05, 3.63) is 59.8 Å². The van der Waals surface area contributed by atoms with Crippen molar-refractivity contribution in [1.82, 2.24) is 25.4 Å². The van der Waals surface area contributed by atoms with Crippen molar-refractivity contribution in [3.8, 4) is 0 Å². The molecule has 34 heavy (non-hydrogen) atoms. The minimum Gasteiger partial charge on any atom is -0.357 e. The molecule has 2 N–H and O–H groups in total. The lowest BCUT2D eigenvalue weighted by atomic mass is 10.0. The van der Waals surface area contributed by atoms with Crippen molar-refractivity contribution < 1.29 is 0 Å². The van der Waals surface area contributed by atoms with E-state index < -0.39 is 0 Å². The van der Waals surface area contributed by atoms with E-state index in [-0.39, 0.29) is 24.0 Å². The quantitative estimate of drug-likeness (QED) is 0.300. The van der Waals surface area contributed by atoms with Crippen LogP contribution in [0.4, 0.5) is 5.82 Å². The number of rotatable bonds is 7. The maximum Gasteiger partial charge on any atom is 0.191 e. The van der Waals surface area contributed by atoms with Crippen LogP contribution in [-0.2, 0) is 13.1 Å². The van der Waals surface area contributed by atoms with Crippen LogP contribution in [-0.4, -0.2) is 79.6 Å². The summed E-state index contributed by atoms with van der Waals surface area (Å²) in [5.74, 6) is 1.98. The van der Waals surface area contributed by atoms with Gasteiger partial charge in [-0.3, -0.25) is 4.90 Å². The summed E-state index contributed by atoms with van der Waals surface area (Å²) < 4.78 is 0. The molecule has 0 amide bonds. The highest BCUT2D eigenvalue weighted by atomic mass is 127. The molecule has 0 saturated carbocycles. The number of hydrogen-bond donors (Lipinski definition) is 2. The molecular formula is C26H40IN7. The third-order valence-corrected chi connectivity index (χ3v) is 6.58. The Morgan fingerprint density at radius 1 is 1.00 bits per heavy atom. The standard InChI is InChI=1S/C26H39N7.HI/c1-3-27-26(30-24-10-13-32(14-11-24)21-22-7-5-4-6-8-22)29-20-23-9-12-28-25(19-23)33-17-15-31(2)16-18-33;/h4-9,12,19,24H,3,10-11,13-18,20-21H2,1-2H3,(H2,27,29,30);1H. The number of piperidine rings is 1. The van der Waals surface area contributed by atoms with E-state index in [9.17, 15) is 0 Å². The van der Waals surface area contributed by atoms with Gasteiger partial charge in [0.1, 0.15) is 5.82 Å². The monoisotopic (exact) mass is 577 g/mol. The third kappa shape index (κ3) is 8.09. The Hall–Kier alpha value is -1.91. The average Bonchev–Trinajstić information content (AvgIpc) is 2.85. The van der Waals surface area contributed by atoms with Crippen LogP contribution in [0.5, 0.6) is 0 Å². The number of nitrogens with zero attached hydrogens (tertiary/aromatic N) is 5. The van der Waals surface area contributed by atoms with Gasteiger partial charge >= 0.3 is 0 Å². The first-order valence-electron chi connectivity index (χ1n) is 12.4. The fraction of sp³-hybridized carbons (Fsp3) is 0.538. The summed E-state index contributed by atoms with van der Waals surface area (Å²) in [5, 5.41) is 7.10. The first-order valence-corrected chi connectivity index (χ1v) is 12.4. The molecule has 0 aliphatic carbocycles. The lowest BCUT2D eigenvalue weighted by Gasteiger charge is -2.33. The second kappa shape index (κ2) is 13.8. The van der Waals surface area contributed by atoms with Crippen LogP contribution in [0.25, 0.3) is 0 Å². The predicted octanol–water partition coefficient (Wildman–Crippen LogP) is 3.17. The molecule has 2 saturated heterocycles. The van der Waals surface area contributed by atoms with Crippen LogP contribution in [0.3, 0.4) is 0 Å². The molecule has 186 valence electrons.